The Bertz CT molecular complexity index is 246. The van der Waals surface area contributed by atoms with Crippen molar-refractivity contribution in [1.29, 1.82) is 0 Å². The number of nitrogens with zero attached hydrogens (tertiary/aromatic N) is 2. The summed E-state index contributed by atoms with van der Waals surface area (Å²) in [7, 11) is 0. The molecule has 2 saturated heterocycles. The van der Waals surface area contributed by atoms with Gasteiger partial charge in [0.15, 0.2) is 5.78 Å². The van der Waals surface area contributed by atoms with E-state index >= 15 is 0 Å². The largest absolute Gasteiger partial charge is 0.379 e. The number of hydrogen-bond acceptors (Lipinski definition) is 5. The van der Waals surface area contributed by atoms with Crippen LogP contribution in [0.15, 0.2) is 0 Å². The van der Waals surface area contributed by atoms with Gasteiger partial charge in [-0.2, -0.15) is 0 Å². The molecular weight excluding hydrogens is 208 g/mol. The molecule has 1 saturated carbocycles. The molecular formula is C11H18N2O3. The Labute approximate surface area is 95.3 Å². The van der Waals surface area contributed by atoms with Crippen molar-refractivity contribution in [3.8, 4) is 0 Å². The number of hydrogen-bond donors (Lipinski definition) is 0. The first-order chi connectivity index (χ1) is 7.88. The summed E-state index contributed by atoms with van der Waals surface area (Å²) in [5.74, 6) is 0.392. The van der Waals surface area contributed by atoms with Gasteiger partial charge in [-0.1, -0.05) is 0 Å². The molecule has 2 aliphatic heterocycles. The van der Waals surface area contributed by atoms with Crippen molar-refractivity contribution in [2.24, 2.45) is 0 Å². The maximum absolute atomic E-state index is 11.9. The van der Waals surface area contributed by atoms with Crippen LogP contribution in [0.2, 0.25) is 0 Å². The van der Waals surface area contributed by atoms with Gasteiger partial charge < -0.3 is 9.47 Å². The van der Waals surface area contributed by atoms with Gasteiger partial charge in [0, 0.05) is 26.2 Å². The fourth-order valence-electron chi connectivity index (χ4n) is 2.68. The molecule has 2 unspecified atom stereocenters. The van der Waals surface area contributed by atoms with E-state index in [1.165, 1.54) is 0 Å². The van der Waals surface area contributed by atoms with Crippen LogP contribution in [0.1, 0.15) is 0 Å². The summed E-state index contributed by atoms with van der Waals surface area (Å²) in [4.78, 5) is 16.4. The van der Waals surface area contributed by atoms with E-state index < -0.39 is 0 Å². The van der Waals surface area contributed by atoms with E-state index in [4.69, 9.17) is 9.47 Å². The summed E-state index contributed by atoms with van der Waals surface area (Å²) in [6.07, 6.45) is 0. The Hall–Kier alpha value is -0.490. The number of morpholine rings is 2. The zero-order valence-corrected chi connectivity index (χ0v) is 9.43. The number of carbonyl (C=O) groups is 1. The van der Waals surface area contributed by atoms with Crippen LogP contribution in [-0.2, 0) is 14.3 Å². The monoisotopic (exact) mass is 226 g/mol. The summed E-state index contributed by atoms with van der Waals surface area (Å²) < 4.78 is 10.6. The molecule has 0 spiro atoms. The molecule has 0 aromatic heterocycles. The molecule has 3 aliphatic rings. The topological polar surface area (TPSA) is 42.0 Å². The third-order valence-corrected chi connectivity index (χ3v) is 3.65. The highest BCUT2D eigenvalue weighted by molar-refractivity contribution is 6.07. The second-order valence-electron chi connectivity index (χ2n) is 4.59. The number of rotatable bonds is 2. The lowest BCUT2D eigenvalue weighted by Crippen LogP contribution is -2.44. The summed E-state index contributed by atoms with van der Waals surface area (Å²) >= 11 is 0. The number of ketones is 1. The zero-order valence-electron chi connectivity index (χ0n) is 9.43. The van der Waals surface area contributed by atoms with Crippen LogP contribution in [0.4, 0.5) is 0 Å². The fourth-order valence-corrected chi connectivity index (χ4v) is 2.68. The van der Waals surface area contributed by atoms with Crippen LogP contribution in [0, 0.1) is 0 Å². The van der Waals surface area contributed by atoms with Gasteiger partial charge in [-0.05, 0) is 0 Å². The molecule has 90 valence electrons. The summed E-state index contributed by atoms with van der Waals surface area (Å²) in [5.41, 5.74) is 0. The van der Waals surface area contributed by atoms with Crippen LogP contribution in [0.25, 0.3) is 0 Å². The minimum atomic E-state index is 0.141. The van der Waals surface area contributed by atoms with Gasteiger partial charge in [0.25, 0.3) is 0 Å². The maximum Gasteiger partial charge on any atom is 0.171 e. The molecule has 3 fully saturated rings. The highest BCUT2D eigenvalue weighted by Crippen LogP contribution is 2.30. The van der Waals surface area contributed by atoms with E-state index in [9.17, 15) is 4.79 Å². The van der Waals surface area contributed by atoms with Gasteiger partial charge >= 0.3 is 0 Å². The molecule has 16 heavy (non-hydrogen) atoms. The molecule has 2 heterocycles. The Kier molecular flexibility index (Phi) is 2.93. The Balaban J connectivity index is 1.59. The van der Waals surface area contributed by atoms with Crippen molar-refractivity contribution in [3.05, 3.63) is 0 Å². The maximum atomic E-state index is 11.9. The van der Waals surface area contributed by atoms with Crippen LogP contribution in [0.5, 0.6) is 0 Å². The third-order valence-electron chi connectivity index (χ3n) is 3.65. The van der Waals surface area contributed by atoms with Crippen molar-refractivity contribution < 1.29 is 14.3 Å². The average Bonchev–Trinajstić information content (AvgIpc) is 3.03. The first kappa shape index (κ1) is 10.7. The molecule has 0 bridgehead atoms. The summed E-state index contributed by atoms with van der Waals surface area (Å²) in [6.45, 7) is 6.65. The van der Waals surface area contributed by atoms with E-state index in [1.54, 1.807) is 0 Å². The predicted molar refractivity (Wildman–Crippen MR) is 57.4 cm³/mol. The molecule has 0 radical (unpaired) electrons. The number of Topliss-reactive ketones (excluding diaryl/α,β-unsaturated/α-hetero) is 1. The van der Waals surface area contributed by atoms with Gasteiger partial charge in [-0.25, -0.2) is 0 Å². The number of ether oxygens (including phenoxy) is 2. The molecule has 0 aromatic rings. The Morgan fingerprint density at radius 3 is 1.56 bits per heavy atom. The fraction of sp³-hybridized carbons (Fsp3) is 0.909. The molecule has 0 N–H and O–H groups in total. The first-order valence-electron chi connectivity index (χ1n) is 6.05. The van der Waals surface area contributed by atoms with Crippen LogP contribution in [0.3, 0.4) is 0 Å². The van der Waals surface area contributed by atoms with E-state index in [1.807, 2.05) is 0 Å². The molecule has 5 nitrogen and oxygen atoms in total. The molecule has 0 aromatic carbocycles. The van der Waals surface area contributed by atoms with Crippen molar-refractivity contribution >= 4 is 5.78 Å². The predicted octanol–water partition coefficient (Wildman–Crippen LogP) is -1.03. The minimum absolute atomic E-state index is 0.141. The lowest BCUT2D eigenvalue weighted by Gasteiger charge is -2.29. The van der Waals surface area contributed by atoms with Gasteiger partial charge in [-0.3, -0.25) is 14.6 Å². The third kappa shape index (κ3) is 1.88. The van der Waals surface area contributed by atoms with Crippen molar-refractivity contribution in [3.63, 3.8) is 0 Å². The molecule has 2 atom stereocenters. The highest BCUT2D eigenvalue weighted by Gasteiger charge is 2.56. The van der Waals surface area contributed by atoms with Gasteiger partial charge in [0.05, 0.1) is 38.5 Å². The van der Waals surface area contributed by atoms with E-state index in [-0.39, 0.29) is 12.1 Å². The van der Waals surface area contributed by atoms with E-state index in [2.05, 4.69) is 9.80 Å². The van der Waals surface area contributed by atoms with E-state index in [0.717, 1.165) is 52.6 Å². The quantitative estimate of drug-likeness (QED) is 0.602. The molecule has 0 amide bonds. The molecule has 5 heteroatoms. The summed E-state index contributed by atoms with van der Waals surface area (Å²) in [5, 5.41) is 0. The van der Waals surface area contributed by atoms with Gasteiger partial charge in [0.1, 0.15) is 0 Å². The molecule has 3 rings (SSSR count). The number of carbonyl (C=O) groups excluding carboxylic acids is 1. The average molecular weight is 226 g/mol. The zero-order chi connectivity index (χ0) is 11.0. The highest BCUT2D eigenvalue weighted by atomic mass is 16.5. The first-order valence-corrected chi connectivity index (χ1v) is 6.05. The van der Waals surface area contributed by atoms with Crippen LogP contribution < -0.4 is 0 Å². The Morgan fingerprint density at radius 2 is 1.19 bits per heavy atom. The smallest absolute Gasteiger partial charge is 0.171 e. The normalized spacial score (nSPS) is 37.6. The molecule has 1 aliphatic carbocycles. The van der Waals surface area contributed by atoms with Crippen molar-refractivity contribution in [2.45, 2.75) is 12.1 Å². The lowest BCUT2D eigenvalue weighted by atomic mass is 10.3. The second kappa shape index (κ2) is 4.41. The van der Waals surface area contributed by atoms with Crippen LogP contribution >= 0.6 is 0 Å². The van der Waals surface area contributed by atoms with Crippen molar-refractivity contribution in [1.82, 2.24) is 9.80 Å². The standard InChI is InChI=1S/C11H18N2O3/c14-11-9(12-1-5-15-6-2-12)10(11)13-3-7-16-8-4-13/h9-10H,1-8H2. The van der Waals surface area contributed by atoms with Gasteiger partial charge in [-0.15, -0.1) is 0 Å². The minimum Gasteiger partial charge on any atom is -0.379 e. The van der Waals surface area contributed by atoms with Crippen LogP contribution in [-0.4, -0.2) is 80.3 Å². The SMILES string of the molecule is O=C1C(N2CCOCC2)C1N1CCOCC1. The van der Waals surface area contributed by atoms with E-state index in [0.29, 0.717) is 5.78 Å². The lowest BCUT2D eigenvalue weighted by molar-refractivity contribution is -0.113. The van der Waals surface area contributed by atoms with Gasteiger partial charge in [0.2, 0.25) is 0 Å². The second-order valence-corrected chi connectivity index (χ2v) is 4.59. The summed E-state index contributed by atoms with van der Waals surface area (Å²) in [6, 6.07) is 0.281. The van der Waals surface area contributed by atoms with Crippen molar-refractivity contribution in [2.75, 3.05) is 52.6 Å². The Morgan fingerprint density at radius 1 is 0.812 bits per heavy atom.